The predicted molar refractivity (Wildman–Crippen MR) is 157 cm³/mol. The van der Waals surface area contributed by atoms with Crippen molar-refractivity contribution in [2.45, 2.75) is 53.4 Å². The maximum Gasteiger partial charge on any atom is 0.339 e. The van der Waals surface area contributed by atoms with Crippen molar-refractivity contribution in [3.8, 4) is 0 Å². The maximum absolute atomic E-state index is 12.7. The molecule has 0 saturated carbocycles. The Bertz CT molecular complexity index is 1530. The van der Waals surface area contributed by atoms with E-state index in [0.29, 0.717) is 47.3 Å². The van der Waals surface area contributed by atoms with Gasteiger partial charge in [0.05, 0.1) is 13.2 Å². The first-order valence-corrected chi connectivity index (χ1v) is 13.4. The van der Waals surface area contributed by atoms with E-state index in [0.717, 1.165) is 22.1 Å². The molecule has 2 aromatic rings. The van der Waals surface area contributed by atoms with Crippen LogP contribution in [-0.4, -0.2) is 31.1 Å². The van der Waals surface area contributed by atoms with Gasteiger partial charge in [-0.3, -0.25) is 0 Å². The number of benzene rings is 1. The van der Waals surface area contributed by atoms with Gasteiger partial charge in [-0.05, 0) is 81.0 Å². The number of carbonyl (C=O) groups excluding carboxylic acids is 3. The fraction of sp³-hybridized carbons (Fsp3) is 0.333. The maximum atomic E-state index is 12.7. The molecule has 0 amide bonds. The number of rotatable bonds is 12. The van der Waals surface area contributed by atoms with Gasteiger partial charge in [-0.25, -0.2) is 19.2 Å². The van der Waals surface area contributed by atoms with Crippen molar-refractivity contribution in [2.24, 2.45) is 5.92 Å². The SMILES string of the molecule is C=C(C)C(=O)OCCCc1cc2cc(CCOC(=O)C(=C)C)c(=O)oc2cc1C1=CC=C(OC(=O)C(=C)C)C(C)C1. The molecule has 41 heavy (non-hydrogen) atoms. The molecule has 1 aromatic carbocycles. The lowest BCUT2D eigenvalue weighted by atomic mass is 9.86. The number of hydrogen-bond acceptors (Lipinski definition) is 8. The molecule has 0 radical (unpaired) electrons. The Balaban J connectivity index is 1.95. The van der Waals surface area contributed by atoms with E-state index in [1.54, 1.807) is 32.9 Å². The largest absolute Gasteiger partial charge is 0.462 e. The topological polar surface area (TPSA) is 109 Å². The summed E-state index contributed by atoms with van der Waals surface area (Å²) in [5, 5.41) is 0.722. The Morgan fingerprint density at radius 3 is 2.07 bits per heavy atom. The molecule has 1 aromatic heterocycles. The van der Waals surface area contributed by atoms with Gasteiger partial charge >= 0.3 is 23.5 Å². The van der Waals surface area contributed by atoms with E-state index in [-0.39, 0.29) is 31.1 Å². The Kier molecular flexibility index (Phi) is 10.4. The fourth-order valence-corrected chi connectivity index (χ4v) is 4.24. The number of esters is 3. The lowest BCUT2D eigenvalue weighted by molar-refractivity contribution is -0.139. The Morgan fingerprint density at radius 1 is 0.854 bits per heavy atom. The number of fused-ring (bicyclic) bond motifs is 1. The molecule has 0 spiro atoms. The van der Waals surface area contributed by atoms with Crippen molar-refractivity contribution in [3.05, 3.63) is 99.7 Å². The average molecular weight is 561 g/mol. The molecule has 0 fully saturated rings. The van der Waals surface area contributed by atoms with Crippen molar-refractivity contribution in [1.29, 1.82) is 0 Å². The van der Waals surface area contributed by atoms with E-state index in [1.165, 1.54) is 0 Å². The highest BCUT2D eigenvalue weighted by atomic mass is 16.5. The highest BCUT2D eigenvalue weighted by Gasteiger charge is 2.22. The van der Waals surface area contributed by atoms with Crippen LogP contribution in [0.5, 0.6) is 0 Å². The second-order valence-electron chi connectivity index (χ2n) is 10.3. The molecule has 0 saturated heterocycles. The van der Waals surface area contributed by atoms with Crippen LogP contribution in [0.15, 0.2) is 81.8 Å². The van der Waals surface area contributed by atoms with Crippen LogP contribution < -0.4 is 5.63 Å². The van der Waals surface area contributed by atoms with Crippen LogP contribution in [0.25, 0.3) is 16.5 Å². The minimum absolute atomic E-state index is 0.0242. The van der Waals surface area contributed by atoms with Crippen LogP contribution in [0.4, 0.5) is 0 Å². The molecule has 0 aliphatic heterocycles. The van der Waals surface area contributed by atoms with Crippen molar-refractivity contribution >= 4 is 34.5 Å². The molecule has 1 heterocycles. The van der Waals surface area contributed by atoms with Crippen molar-refractivity contribution in [1.82, 2.24) is 0 Å². The highest BCUT2D eigenvalue weighted by Crippen LogP contribution is 2.35. The zero-order valence-corrected chi connectivity index (χ0v) is 24.1. The summed E-state index contributed by atoms with van der Waals surface area (Å²) in [7, 11) is 0. The lowest BCUT2D eigenvalue weighted by Crippen LogP contribution is -2.14. The Morgan fingerprint density at radius 2 is 1.46 bits per heavy atom. The number of ether oxygens (including phenoxy) is 3. The minimum atomic E-state index is -0.518. The zero-order chi connectivity index (χ0) is 30.3. The summed E-state index contributed by atoms with van der Waals surface area (Å²) >= 11 is 0. The quantitative estimate of drug-likeness (QED) is 0.103. The first-order chi connectivity index (χ1) is 19.4. The molecule has 1 atom stereocenters. The third kappa shape index (κ3) is 8.27. The van der Waals surface area contributed by atoms with Gasteiger partial charge in [-0.2, -0.15) is 0 Å². The fourth-order valence-electron chi connectivity index (χ4n) is 4.24. The molecule has 0 bridgehead atoms. The summed E-state index contributed by atoms with van der Waals surface area (Å²) in [6, 6.07) is 5.55. The van der Waals surface area contributed by atoms with Crippen LogP contribution in [0, 0.1) is 5.92 Å². The third-order valence-electron chi connectivity index (χ3n) is 6.52. The van der Waals surface area contributed by atoms with Crippen LogP contribution >= 0.6 is 0 Å². The third-order valence-corrected chi connectivity index (χ3v) is 6.52. The van der Waals surface area contributed by atoms with Crippen molar-refractivity contribution < 1.29 is 33.0 Å². The normalized spacial score (nSPS) is 14.5. The zero-order valence-electron chi connectivity index (χ0n) is 24.1. The summed E-state index contributed by atoms with van der Waals surface area (Å²) in [4.78, 5) is 48.3. The van der Waals surface area contributed by atoms with Crippen molar-refractivity contribution in [3.63, 3.8) is 0 Å². The standard InChI is InChI=1S/C33H36O8/c1-19(2)30(34)38-13-8-9-23-16-26-17-25(12-14-39-31(35)20(3)4)33(37)41-29(26)18-27(23)24-10-11-28(22(7)15-24)40-32(36)21(5)6/h10-11,16-18,22H,1,3,5,8-9,12-15H2,2,4,6-7H3. The van der Waals surface area contributed by atoms with E-state index < -0.39 is 23.5 Å². The molecule has 1 aliphatic rings. The summed E-state index contributed by atoms with van der Waals surface area (Å²) < 4.78 is 21.6. The second-order valence-corrected chi connectivity index (χ2v) is 10.3. The Labute approximate surface area is 239 Å². The summed E-state index contributed by atoms with van der Waals surface area (Å²) in [6.07, 6.45) is 5.62. The van der Waals surface area contributed by atoms with Gasteiger partial charge in [-0.15, -0.1) is 0 Å². The van der Waals surface area contributed by atoms with E-state index in [2.05, 4.69) is 19.7 Å². The minimum Gasteiger partial charge on any atom is -0.462 e. The van der Waals surface area contributed by atoms with E-state index in [4.69, 9.17) is 18.6 Å². The van der Waals surface area contributed by atoms with Crippen LogP contribution in [0.3, 0.4) is 0 Å². The molecule has 0 N–H and O–H groups in total. The number of allylic oxidation sites excluding steroid dienone is 4. The molecular weight excluding hydrogens is 524 g/mol. The van der Waals surface area contributed by atoms with Gasteiger partial charge in [0, 0.05) is 40.0 Å². The smallest absolute Gasteiger partial charge is 0.339 e. The predicted octanol–water partition coefficient (Wildman–Crippen LogP) is 5.93. The van der Waals surface area contributed by atoms with E-state index >= 15 is 0 Å². The molecule has 3 rings (SSSR count). The van der Waals surface area contributed by atoms with Gasteiger partial charge in [0.2, 0.25) is 0 Å². The van der Waals surface area contributed by atoms with Gasteiger partial charge in [0.15, 0.2) is 0 Å². The summed E-state index contributed by atoms with van der Waals surface area (Å²) in [5.74, 6) is -0.944. The molecule has 216 valence electrons. The van der Waals surface area contributed by atoms with Gasteiger partial charge < -0.3 is 18.6 Å². The molecule has 1 unspecified atom stereocenters. The first kappa shape index (κ1) is 31.1. The molecule has 1 aliphatic carbocycles. The number of carbonyl (C=O) groups is 3. The van der Waals surface area contributed by atoms with Gasteiger partial charge in [0.1, 0.15) is 11.3 Å². The highest BCUT2D eigenvalue weighted by molar-refractivity contribution is 5.89. The average Bonchev–Trinajstić information content (AvgIpc) is 2.91. The Hall–Kier alpha value is -4.46. The van der Waals surface area contributed by atoms with Crippen LogP contribution in [0.2, 0.25) is 0 Å². The van der Waals surface area contributed by atoms with Crippen LogP contribution in [-0.2, 0) is 41.4 Å². The number of aryl methyl sites for hydroxylation is 1. The first-order valence-electron chi connectivity index (χ1n) is 13.4. The number of hydrogen-bond donors (Lipinski definition) is 0. The summed E-state index contributed by atoms with van der Waals surface area (Å²) in [6.45, 7) is 17.8. The van der Waals surface area contributed by atoms with Gasteiger partial charge in [-0.1, -0.05) is 32.7 Å². The van der Waals surface area contributed by atoms with Crippen LogP contribution in [0.1, 0.15) is 57.2 Å². The summed E-state index contributed by atoms with van der Waals surface area (Å²) in [5.41, 5.74) is 4.10. The monoisotopic (exact) mass is 560 g/mol. The van der Waals surface area contributed by atoms with E-state index in [9.17, 15) is 19.2 Å². The molecule has 8 heteroatoms. The lowest BCUT2D eigenvalue weighted by Gasteiger charge is -2.23. The second kappa shape index (κ2) is 13.7. The van der Waals surface area contributed by atoms with Gasteiger partial charge in [0.25, 0.3) is 0 Å². The van der Waals surface area contributed by atoms with E-state index in [1.807, 2.05) is 25.1 Å². The molecule has 8 nitrogen and oxygen atoms in total. The van der Waals surface area contributed by atoms with Crippen molar-refractivity contribution in [2.75, 3.05) is 13.2 Å². The molecular formula is C33H36O8.